The third kappa shape index (κ3) is 46.7. The molecule has 8 aromatic carbocycles. The molecular formula is C92H128F8O8. The standard InChI is InChI=1S/2C13H19FO.2C12H17FO.2C11H15FO.2C10H13FO/c2*1-3-4-5-6-9-15-13-8-7-11(2)10-12(13)14;2*1-3-4-5-8-14-12-7-6-10(2)9-11(12)13;2*1-3-4-7-13-11-6-5-9(2)8-10(11)12;2*1-3-6-12-10-5-4-8(2)7-9(10)11/h2*7-8,10H,3-6,9H2,1-2H3;2*6-7,9H,3-5,8H2,1-2H3;2*5-6,8H,3-4,7H2,1-2H3;2*4-5,7H,3,6H2,1-2H3. The zero-order chi connectivity index (χ0) is 80.3. The van der Waals surface area contributed by atoms with Crippen molar-refractivity contribution in [3.63, 3.8) is 0 Å². The molecule has 0 saturated carbocycles. The molecule has 0 radical (unpaired) electrons. The van der Waals surface area contributed by atoms with Crippen LogP contribution in [0.25, 0.3) is 0 Å². The lowest BCUT2D eigenvalue weighted by molar-refractivity contribution is 0.290. The normalized spacial score (nSPS) is 10.1. The molecule has 0 spiro atoms. The highest BCUT2D eigenvalue weighted by Gasteiger charge is 2.09. The number of halogens is 8. The average molecular weight is 1510 g/mol. The van der Waals surface area contributed by atoms with Crippen LogP contribution < -0.4 is 37.9 Å². The van der Waals surface area contributed by atoms with Gasteiger partial charge in [0.15, 0.2) is 92.5 Å². The first-order valence-electron chi connectivity index (χ1n) is 39.0. The fourth-order valence-corrected chi connectivity index (χ4v) is 9.35. The van der Waals surface area contributed by atoms with Gasteiger partial charge in [-0.1, -0.05) is 181 Å². The molecule has 8 nitrogen and oxygen atoms in total. The van der Waals surface area contributed by atoms with Crippen LogP contribution in [0.3, 0.4) is 0 Å². The summed E-state index contributed by atoms with van der Waals surface area (Å²) in [5.41, 5.74) is 7.34. The van der Waals surface area contributed by atoms with Gasteiger partial charge in [-0.05, 0) is 248 Å². The van der Waals surface area contributed by atoms with Crippen LogP contribution in [0, 0.1) is 102 Å². The largest absolute Gasteiger partial charge is 0.491 e. The van der Waals surface area contributed by atoms with Crippen LogP contribution in [0.1, 0.15) is 228 Å². The van der Waals surface area contributed by atoms with Crippen LogP contribution in [-0.2, 0) is 0 Å². The molecule has 0 atom stereocenters. The zero-order valence-corrected chi connectivity index (χ0v) is 67.9. The maximum atomic E-state index is 13.3. The molecule has 0 fully saturated rings. The van der Waals surface area contributed by atoms with Crippen molar-refractivity contribution in [3.05, 3.63) is 237 Å². The molecule has 16 heteroatoms. The first kappa shape index (κ1) is 97.6. The van der Waals surface area contributed by atoms with E-state index in [1.807, 2.05) is 118 Å². The first-order chi connectivity index (χ1) is 51.9. The van der Waals surface area contributed by atoms with Crippen LogP contribution in [0.15, 0.2) is 146 Å². The number of hydrogen-bond donors (Lipinski definition) is 0. The SMILES string of the molecule is CCCCCCOc1ccc(C)cc1F.CCCCCCOc1ccc(C)cc1F.CCCCCOc1ccc(C)cc1F.CCCCCOc1ccc(C)cc1F.CCCCOc1ccc(C)cc1F.CCCCOc1ccc(C)cc1F.CCCOc1ccc(C)cc1F.CCCOc1ccc(C)cc1F. The van der Waals surface area contributed by atoms with E-state index in [9.17, 15) is 35.1 Å². The van der Waals surface area contributed by atoms with Gasteiger partial charge in [-0.25, -0.2) is 35.1 Å². The number of rotatable bonds is 36. The second-order valence-electron chi connectivity index (χ2n) is 26.5. The monoisotopic (exact) mass is 1510 g/mol. The van der Waals surface area contributed by atoms with Gasteiger partial charge < -0.3 is 37.9 Å². The molecule has 8 aromatic rings. The smallest absolute Gasteiger partial charge is 0.165 e. The number of hydrogen-bond acceptors (Lipinski definition) is 8. The number of unbranched alkanes of at least 4 members (excludes halogenated alkanes) is 12. The summed E-state index contributed by atoms with van der Waals surface area (Å²) in [4.78, 5) is 0. The molecule has 8 rings (SSSR count). The maximum Gasteiger partial charge on any atom is 0.165 e. The van der Waals surface area contributed by atoms with Gasteiger partial charge in [0.1, 0.15) is 0 Å². The summed E-state index contributed by atoms with van der Waals surface area (Å²) in [7, 11) is 0. The number of ether oxygens (including phenoxy) is 8. The second kappa shape index (κ2) is 61.5. The predicted octanol–water partition coefficient (Wildman–Crippen LogP) is 28.1. The Morgan fingerprint density at radius 2 is 0.306 bits per heavy atom. The molecule has 0 aromatic heterocycles. The van der Waals surface area contributed by atoms with E-state index in [1.165, 1.54) is 74.2 Å². The van der Waals surface area contributed by atoms with Gasteiger partial charge in [0, 0.05) is 0 Å². The number of benzene rings is 8. The molecule has 0 amide bonds. The minimum Gasteiger partial charge on any atom is -0.491 e. The fraction of sp³-hybridized carbons (Fsp3) is 0.478. The van der Waals surface area contributed by atoms with E-state index in [4.69, 9.17) is 37.9 Å². The van der Waals surface area contributed by atoms with E-state index in [0.717, 1.165) is 147 Å². The third-order valence-corrected chi connectivity index (χ3v) is 15.7. The van der Waals surface area contributed by atoms with Crippen LogP contribution in [0.4, 0.5) is 35.1 Å². The highest BCUT2D eigenvalue weighted by Crippen LogP contribution is 2.25. The molecule has 0 aliphatic heterocycles. The van der Waals surface area contributed by atoms with Gasteiger partial charge in [0.25, 0.3) is 0 Å². The highest BCUT2D eigenvalue weighted by molar-refractivity contribution is 5.34. The Kier molecular flexibility index (Phi) is 55.6. The van der Waals surface area contributed by atoms with Gasteiger partial charge in [-0.3, -0.25) is 0 Å². The van der Waals surface area contributed by atoms with E-state index < -0.39 is 0 Å². The van der Waals surface area contributed by atoms with Crippen molar-refractivity contribution >= 4 is 0 Å². The van der Waals surface area contributed by atoms with Crippen molar-refractivity contribution in [2.24, 2.45) is 0 Å². The van der Waals surface area contributed by atoms with Gasteiger partial charge in [-0.15, -0.1) is 0 Å². The summed E-state index contributed by atoms with van der Waals surface area (Å²) in [6.45, 7) is 36.4. The first-order valence-corrected chi connectivity index (χ1v) is 39.0. The molecular weight excluding hydrogens is 1380 g/mol. The van der Waals surface area contributed by atoms with E-state index in [0.29, 0.717) is 98.9 Å². The van der Waals surface area contributed by atoms with Crippen molar-refractivity contribution < 1.29 is 73.0 Å². The Balaban J connectivity index is 0.000000618. The van der Waals surface area contributed by atoms with E-state index in [-0.39, 0.29) is 46.5 Å². The third-order valence-electron chi connectivity index (χ3n) is 15.7. The molecule has 600 valence electrons. The van der Waals surface area contributed by atoms with Crippen molar-refractivity contribution in [1.29, 1.82) is 0 Å². The highest BCUT2D eigenvalue weighted by atomic mass is 19.2. The van der Waals surface area contributed by atoms with Crippen molar-refractivity contribution in [1.82, 2.24) is 0 Å². The molecule has 0 unspecified atom stereocenters. The Morgan fingerprint density at radius 1 is 0.167 bits per heavy atom. The lowest BCUT2D eigenvalue weighted by Gasteiger charge is -2.07. The number of aryl methyl sites for hydroxylation is 8. The van der Waals surface area contributed by atoms with Gasteiger partial charge in [-0.2, -0.15) is 0 Å². The van der Waals surface area contributed by atoms with Gasteiger partial charge in [0.05, 0.1) is 52.9 Å². The Labute approximate surface area is 644 Å². The van der Waals surface area contributed by atoms with Crippen LogP contribution in [0.2, 0.25) is 0 Å². The summed E-state index contributed by atoms with van der Waals surface area (Å²) >= 11 is 0. The minimum atomic E-state index is -0.275. The molecule has 0 bridgehead atoms. The quantitative estimate of drug-likeness (QED) is 0.0284. The van der Waals surface area contributed by atoms with Crippen molar-refractivity contribution in [3.8, 4) is 46.0 Å². The molecule has 0 aliphatic carbocycles. The van der Waals surface area contributed by atoms with E-state index in [1.54, 1.807) is 48.5 Å². The molecule has 0 heterocycles. The fourth-order valence-electron chi connectivity index (χ4n) is 9.35. The Bertz CT molecular complexity index is 3390. The zero-order valence-electron chi connectivity index (χ0n) is 67.9. The van der Waals surface area contributed by atoms with E-state index in [2.05, 4.69) is 41.5 Å². The molecule has 108 heavy (non-hydrogen) atoms. The lowest BCUT2D eigenvalue weighted by Crippen LogP contribution is -1.99. The van der Waals surface area contributed by atoms with Gasteiger partial charge in [0.2, 0.25) is 0 Å². The molecule has 0 saturated heterocycles. The average Bonchev–Trinajstić information content (AvgIpc) is 1.11. The summed E-state index contributed by atoms with van der Waals surface area (Å²) in [6.07, 6.45) is 21.6. The van der Waals surface area contributed by atoms with Crippen LogP contribution in [0.5, 0.6) is 46.0 Å². The summed E-state index contributed by atoms with van der Waals surface area (Å²) in [6, 6.07) is 40.2. The summed E-state index contributed by atoms with van der Waals surface area (Å²) in [5.74, 6) is 0.772. The molecule has 0 aliphatic rings. The van der Waals surface area contributed by atoms with Gasteiger partial charge >= 0.3 is 0 Å². The lowest BCUT2D eigenvalue weighted by atomic mass is 10.2. The van der Waals surface area contributed by atoms with E-state index >= 15 is 0 Å². The van der Waals surface area contributed by atoms with Crippen molar-refractivity contribution in [2.45, 2.75) is 239 Å². The van der Waals surface area contributed by atoms with Crippen molar-refractivity contribution in [2.75, 3.05) is 52.9 Å². The Hall–Kier alpha value is -8.40. The minimum absolute atomic E-state index is 0.259. The van der Waals surface area contributed by atoms with Crippen LogP contribution in [-0.4, -0.2) is 52.9 Å². The second-order valence-corrected chi connectivity index (χ2v) is 26.5. The molecule has 0 N–H and O–H groups in total. The topological polar surface area (TPSA) is 73.8 Å². The summed E-state index contributed by atoms with van der Waals surface area (Å²) in [5, 5.41) is 0. The Morgan fingerprint density at radius 3 is 0.454 bits per heavy atom. The van der Waals surface area contributed by atoms with Crippen LogP contribution >= 0.6 is 0 Å². The predicted molar refractivity (Wildman–Crippen MR) is 431 cm³/mol. The summed E-state index contributed by atoms with van der Waals surface area (Å²) < 4.78 is 148. The maximum absolute atomic E-state index is 13.3.